The van der Waals surface area contributed by atoms with E-state index in [9.17, 15) is 13.2 Å². The van der Waals surface area contributed by atoms with Gasteiger partial charge in [0.15, 0.2) is 9.84 Å². The third-order valence-corrected chi connectivity index (χ3v) is 5.78. The third kappa shape index (κ3) is 4.21. The number of aromatic nitrogens is 1. The fraction of sp³-hybridized carbons (Fsp3) is 0.500. The number of nitrogens with zero attached hydrogens (tertiary/aromatic N) is 1. The van der Waals surface area contributed by atoms with Crippen LogP contribution in [0.15, 0.2) is 29.4 Å². The van der Waals surface area contributed by atoms with Crippen LogP contribution in [0.3, 0.4) is 0 Å². The van der Waals surface area contributed by atoms with E-state index in [0.29, 0.717) is 6.42 Å². The lowest BCUT2D eigenvalue weighted by Gasteiger charge is -2.23. The van der Waals surface area contributed by atoms with Crippen molar-refractivity contribution in [2.24, 2.45) is 0 Å². The lowest BCUT2D eigenvalue weighted by atomic mass is 10.0. The van der Waals surface area contributed by atoms with Gasteiger partial charge in [0.25, 0.3) is 0 Å². The zero-order valence-electron chi connectivity index (χ0n) is 10.6. The van der Waals surface area contributed by atoms with E-state index < -0.39 is 15.4 Å². The van der Waals surface area contributed by atoms with Crippen molar-refractivity contribution in [2.45, 2.75) is 23.9 Å². The molecule has 1 N–H and O–H groups in total. The predicted octanol–water partition coefficient (Wildman–Crippen LogP) is 0.867. The fourth-order valence-corrected chi connectivity index (χ4v) is 4.81. The monoisotopic (exact) mass is 300 g/mol. The van der Waals surface area contributed by atoms with Crippen LogP contribution in [-0.4, -0.2) is 42.1 Å². The molecular weight excluding hydrogens is 284 g/mol. The Kier molecular flexibility index (Phi) is 4.15. The summed E-state index contributed by atoms with van der Waals surface area (Å²) in [6.07, 6.45) is 2.15. The summed E-state index contributed by atoms with van der Waals surface area (Å²) < 4.78 is 22.9. The highest BCUT2D eigenvalue weighted by molar-refractivity contribution is 7.99. The summed E-state index contributed by atoms with van der Waals surface area (Å²) >= 11 is 1.34. The van der Waals surface area contributed by atoms with E-state index in [-0.39, 0.29) is 23.2 Å². The van der Waals surface area contributed by atoms with Gasteiger partial charge in [-0.05, 0) is 25.5 Å². The van der Waals surface area contributed by atoms with Crippen LogP contribution in [0.25, 0.3) is 0 Å². The van der Waals surface area contributed by atoms with E-state index in [1.807, 2.05) is 18.2 Å². The smallest absolute Gasteiger partial charge is 0.230 e. The normalized spacial score (nSPS) is 25.1. The second-order valence-corrected chi connectivity index (χ2v) is 8.09. The Morgan fingerprint density at radius 3 is 2.89 bits per heavy atom. The number of nitrogens with one attached hydrogen (secondary N) is 1. The largest absolute Gasteiger partial charge is 0.349 e. The van der Waals surface area contributed by atoms with E-state index >= 15 is 0 Å². The molecule has 104 valence electrons. The number of thioether (sulfide) groups is 1. The predicted molar refractivity (Wildman–Crippen MR) is 74.8 cm³/mol. The molecule has 1 aromatic heterocycles. The van der Waals surface area contributed by atoms with Crippen LogP contribution in [0.5, 0.6) is 0 Å². The molecule has 0 aromatic carbocycles. The maximum absolute atomic E-state index is 11.8. The molecule has 1 aliphatic heterocycles. The molecule has 2 heterocycles. The molecule has 1 unspecified atom stereocenters. The van der Waals surface area contributed by atoms with Crippen LogP contribution >= 0.6 is 11.8 Å². The van der Waals surface area contributed by atoms with Crippen molar-refractivity contribution in [3.63, 3.8) is 0 Å². The zero-order valence-corrected chi connectivity index (χ0v) is 12.3. The second-order valence-electron chi connectivity index (χ2n) is 4.91. The van der Waals surface area contributed by atoms with Gasteiger partial charge in [-0.2, -0.15) is 0 Å². The number of hydrogen-bond acceptors (Lipinski definition) is 5. The van der Waals surface area contributed by atoms with Gasteiger partial charge in [0, 0.05) is 6.20 Å². The van der Waals surface area contributed by atoms with E-state index in [1.165, 1.54) is 11.8 Å². The summed E-state index contributed by atoms with van der Waals surface area (Å²) in [6, 6.07) is 5.51. The third-order valence-electron chi connectivity index (χ3n) is 2.93. The number of amides is 1. The number of hydrogen-bond donors (Lipinski definition) is 1. The minimum Gasteiger partial charge on any atom is -0.349 e. The molecule has 19 heavy (non-hydrogen) atoms. The highest BCUT2D eigenvalue weighted by Gasteiger charge is 2.39. The molecule has 0 spiro atoms. The number of carbonyl (C=O) groups excluding carboxylic acids is 1. The van der Waals surface area contributed by atoms with Gasteiger partial charge in [0.1, 0.15) is 0 Å². The molecule has 1 aromatic rings. The highest BCUT2D eigenvalue weighted by Crippen LogP contribution is 2.23. The molecule has 7 heteroatoms. The number of rotatable bonds is 4. The first-order chi connectivity index (χ1) is 8.89. The first-order valence-corrected chi connectivity index (χ1v) is 8.75. The molecular formula is C12H16N2O3S2. The van der Waals surface area contributed by atoms with Crippen LogP contribution in [0.1, 0.15) is 13.3 Å². The lowest BCUT2D eigenvalue weighted by Crippen LogP contribution is -2.47. The first kappa shape index (κ1) is 14.3. The Morgan fingerprint density at radius 2 is 2.32 bits per heavy atom. The fourth-order valence-electron chi connectivity index (χ4n) is 2.05. The van der Waals surface area contributed by atoms with Gasteiger partial charge in [-0.25, -0.2) is 13.4 Å². The van der Waals surface area contributed by atoms with Crippen molar-refractivity contribution < 1.29 is 13.2 Å². The zero-order chi connectivity index (χ0) is 13.9. The minimum absolute atomic E-state index is 0.0278. The van der Waals surface area contributed by atoms with Gasteiger partial charge in [0.05, 0.1) is 27.8 Å². The molecule has 1 fully saturated rings. The van der Waals surface area contributed by atoms with E-state index in [0.717, 1.165) is 5.03 Å². The standard InChI is InChI=1S/C12H16N2O3S2/c1-12(5-7-19(16,17)9-12)14-10(15)8-18-11-4-2-3-6-13-11/h2-4,6H,5,7-9H2,1H3,(H,14,15). The second kappa shape index (κ2) is 5.50. The van der Waals surface area contributed by atoms with Crippen molar-refractivity contribution in [1.29, 1.82) is 0 Å². The van der Waals surface area contributed by atoms with Gasteiger partial charge >= 0.3 is 0 Å². The van der Waals surface area contributed by atoms with Gasteiger partial charge in [-0.3, -0.25) is 4.79 Å². The van der Waals surface area contributed by atoms with Gasteiger partial charge < -0.3 is 5.32 Å². The molecule has 0 bridgehead atoms. The number of pyridine rings is 1. The number of carbonyl (C=O) groups is 1. The van der Waals surface area contributed by atoms with Crippen molar-refractivity contribution in [1.82, 2.24) is 10.3 Å². The van der Waals surface area contributed by atoms with E-state index in [4.69, 9.17) is 0 Å². The molecule has 5 nitrogen and oxygen atoms in total. The van der Waals surface area contributed by atoms with Crippen LogP contribution in [0, 0.1) is 0 Å². The van der Waals surface area contributed by atoms with Crippen LogP contribution in [0.2, 0.25) is 0 Å². The van der Waals surface area contributed by atoms with Gasteiger partial charge in [0.2, 0.25) is 5.91 Å². The summed E-state index contributed by atoms with van der Waals surface area (Å²) in [5, 5.41) is 3.59. The highest BCUT2D eigenvalue weighted by atomic mass is 32.2. The SMILES string of the molecule is CC1(NC(=O)CSc2ccccn2)CCS(=O)(=O)C1. The maximum Gasteiger partial charge on any atom is 0.230 e. The molecule has 0 saturated carbocycles. The Morgan fingerprint density at radius 1 is 1.53 bits per heavy atom. The van der Waals surface area contributed by atoms with Crippen molar-refractivity contribution in [3.8, 4) is 0 Å². The molecule has 1 atom stereocenters. The Labute approximate surface area is 117 Å². The Bertz CT molecular complexity index is 560. The van der Waals surface area contributed by atoms with Gasteiger partial charge in [-0.15, -0.1) is 0 Å². The van der Waals surface area contributed by atoms with E-state index in [2.05, 4.69) is 10.3 Å². The molecule has 1 aliphatic rings. The van der Waals surface area contributed by atoms with Crippen LogP contribution in [0.4, 0.5) is 0 Å². The minimum atomic E-state index is -3.00. The van der Waals surface area contributed by atoms with Crippen LogP contribution in [-0.2, 0) is 14.6 Å². The average molecular weight is 300 g/mol. The summed E-state index contributed by atoms with van der Waals surface area (Å²) in [5.74, 6) is 0.263. The summed E-state index contributed by atoms with van der Waals surface area (Å²) in [6.45, 7) is 1.78. The van der Waals surface area contributed by atoms with Crippen molar-refractivity contribution in [2.75, 3.05) is 17.3 Å². The number of sulfone groups is 1. The molecule has 1 saturated heterocycles. The quantitative estimate of drug-likeness (QED) is 0.835. The summed E-state index contributed by atoms with van der Waals surface area (Å²) in [7, 11) is -3.00. The lowest BCUT2D eigenvalue weighted by molar-refractivity contribution is -0.120. The van der Waals surface area contributed by atoms with Crippen LogP contribution < -0.4 is 5.32 Å². The molecule has 1 amide bonds. The first-order valence-electron chi connectivity index (χ1n) is 5.94. The molecule has 0 radical (unpaired) electrons. The van der Waals surface area contributed by atoms with E-state index in [1.54, 1.807) is 13.1 Å². The Balaban J connectivity index is 1.85. The van der Waals surface area contributed by atoms with Crippen molar-refractivity contribution in [3.05, 3.63) is 24.4 Å². The summed E-state index contributed by atoms with van der Waals surface area (Å²) in [5.41, 5.74) is -0.624. The maximum atomic E-state index is 11.8. The van der Waals surface area contributed by atoms with Gasteiger partial charge in [-0.1, -0.05) is 17.8 Å². The average Bonchev–Trinajstić information content (AvgIpc) is 2.62. The van der Waals surface area contributed by atoms with Crippen molar-refractivity contribution >= 4 is 27.5 Å². The molecule has 2 rings (SSSR count). The molecule has 0 aliphatic carbocycles. The topological polar surface area (TPSA) is 76.1 Å². The Hall–Kier alpha value is -1.08. The summed E-state index contributed by atoms with van der Waals surface area (Å²) in [4.78, 5) is 15.9.